The summed E-state index contributed by atoms with van der Waals surface area (Å²) in [5.41, 5.74) is 3.65. The van der Waals surface area contributed by atoms with Gasteiger partial charge in [-0.25, -0.2) is 9.78 Å². The number of ether oxygens (including phenoxy) is 2. The lowest BCUT2D eigenvalue weighted by atomic mass is 9.95. The van der Waals surface area contributed by atoms with Gasteiger partial charge in [0.1, 0.15) is 6.73 Å². The number of nitrogens with zero attached hydrogens (tertiary/aromatic N) is 4. The van der Waals surface area contributed by atoms with Crippen LogP contribution in [0.5, 0.6) is 0 Å². The van der Waals surface area contributed by atoms with Crippen LogP contribution in [0.15, 0.2) is 47.5 Å². The van der Waals surface area contributed by atoms with Crippen LogP contribution in [-0.2, 0) is 35.8 Å². The molecule has 2 aromatic heterocycles. The average Bonchev–Trinajstić information content (AvgIpc) is 3.55. The molecule has 2 aromatic carbocycles. The van der Waals surface area contributed by atoms with Gasteiger partial charge in [0.25, 0.3) is 5.91 Å². The number of para-hydroxylation sites is 1. The predicted octanol–water partition coefficient (Wildman–Crippen LogP) is 5.05. The van der Waals surface area contributed by atoms with E-state index in [1.807, 2.05) is 51.9 Å². The molecule has 216 valence electrons. The first-order valence-electron chi connectivity index (χ1n) is 13.5. The zero-order chi connectivity index (χ0) is 29.1. The predicted molar refractivity (Wildman–Crippen MR) is 164 cm³/mol. The maximum absolute atomic E-state index is 13.7. The molecule has 0 fully saturated rings. The van der Waals surface area contributed by atoms with E-state index in [0.717, 1.165) is 27.4 Å². The summed E-state index contributed by atoms with van der Waals surface area (Å²) >= 11 is 2.73. The zero-order valence-corrected chi connectivity index (χ0v) is 26.3. The SMILES string of the molecule is COC(=O)c1nc(N2CCc3cccc(C(=O)/N=c4/sc5ccccc5n4COCC[Si](C)(C)C)c3C2)sc1CO. The Hall–Kier alpha value is -3.16. The highest BCUT2D eigenvalue weighted by Gasteiger charge is 2.26. The maximum atomic E-state index is 13.7. The Morgan fingerprint density at radius 3 is 2.68 bits per heavy atom. The molecule has 0 atom stereocenters. The molecule has 0 saturated heterocycles. The molecule has 0 radical (unpaired) electrons. The molecule has 1 N–H and O–H groups in total. The van der Waals surface area contributed by atoms with Crippen LogP contribution in [0.4, 0.5) is 5.13 Å². The van der Waals surface area contributed by atoms with Crippen LogP contribution in [0, 0.1) is 0 Å². The van der Waals surface area contributed by atoms with Gasteiger partial charge in [-0.2, -0.15) is 4.99 Å². The highest BCUT2D eigenvalue weighted by molar-refractivity contribution is 7.16. The minimum Gasteiger partial charge on any atom is -0.464 e. The summed E-state index contributed by atoms with van der Waals surface area (Å²) in [4.78, 5) is 38.0. The number of rotatable bonds is 9. The zero-order valence-electron chi connectivity index (χ0n) is 23.7. The fourth-order valence-corrected chi connectivity index (χ4v) is 7.40. The van der Waals surface area contributed by atoms with Crippen LogP contribution in [-0.4, -0.2) is 54.9 Å². The standard InChI is InChI=1S/C29H34N4O5S2Si/c1-37-27(36)25-24(17-34)40-28(30-25)32-13-12-19-8-7-9-20(21(19)16-32)26(35)31-29-33(18-38-14-15-41(2,3)4)22-10-5-6-11-23(22)39-29/h5-11,34H,12-18H2,1-4H3/b31-29+. The molecule has 0 aliphatic carbocycles. The Labute approximate surface area is 247 Å². The van der Waals surface area contributed by atoms with E-state index in [0.29, 0.717) is 53.2 Å². The minimum absolute atomic E-state index is 0.126. The van der Waals surface area contributed by atoms with Crippen molar-refractivity contribution < 1.29 is 24.2 Å². The Morgan fingerprint density at radius 2 is 1.93 bits per heavy atom. The lowest BCUT2D eigenvalue weighted by molar-refractivity contribution is 0.0591. The molecule has 1 amide bonds. The number of aromatic nitrogens is 2. The summed E-state index contributed by atoms with van der Waals surface area (Å²) in [6, 6.07) is 14.8. The smallest absolute Gasteiger partial charge is 0.358 e. The number of esters is 1. The lowest BCUT2D eigenvalue weighted by Gasteiger charge is -2.29. The number of hydrogen-bond acceptors (Lipinski definition) is 9. The van der Waals surface area contributed by atoms with Gasteiger partial charge >= 0.3 is 5.97 Å². The van der Waals surface area contributed by atoms with Crippen molar-refractivity contribution in [3.63, 3.8) is 0 Å². The Morgan fingerprint density at radius 1 is 1.12 bits per heavy atom. The molecule has 9 nitrogen and oxygen atoms in total. The quantitative estimate of drug-likeness (QED) is 0.161. The van der Waals surface area contributed by atoms with Crippen LogP contribution in [0.25, 0.3) is 10.2 Å². The number of carbonyl (C=O) groups is 2. The van der Waals surface area contributed by atoms with Gasteiger partial charge in [0, 0.05) is 33.3 Å². The fourth-order valence-electron chi connectivity index (χ4n) is 4.69. The number of aliphatic hydroxyl groups is 1. The molecule has 1 aliphatic heterocycles. The molecular formula is C29H34N4O5S2Si. The fraction of sp³-hybridized carbons (Fsp3) is 0.379. The monoisotopic (exact) mass is 610 g/mol. The topological polar surface area (TPSA) is 106 Å². The van der Waals surface area contributed by atoms with Crippen LogP contribution in [0.3, 0.4) is 0 Å². The molecule has 4 aromatic rings. The van der Waals surface area contributed by atoms with Gasteiger partial charge in [-0.15, -0.1) is 0 Å². The van der Waals surface area contributed by atoms with Crippen molar-refractivity contribution >= 4 is 58.0 Å². The van der Waals surface area contributed by atoms with Crippen molar-refractivity contribution in [2.75, 3.05) is 25.2 Å². The Balaban J connectivity index is 1.45. The number of thiazole rings is 2. The lowest BCUT2D eigenvalue weighted by Crippen LogP contribution is -2.31. The highest BCUT2D eigenvalue weighted by atomic mass is 32.1. The summed E-state index contributed by atoms with van der Waals surface area (Å²) in [7, 11) is 0.0672. The largest absolute Gasteiger partial charge is 0.464 e. The van der Waals surface area contributed by atoms with E-state index in [2.05, 4.69) is 29.6 Å². The molecule has 41 heavy (non-hydrogen) atoms. The van der Waals surface area contributed by atoms with Gasteiger partial charge < -0.3 is 19.5 Å². The number of amides is 1. The van der Waals surface area contributed by atoms with Gasteiger partial charge in [0.2, 0.25) is 0 Å². The first-order chi connectivity index (χ1) is 19.7. The highest BCUT2D eigenvalue weighted by Crippen LogP contribution is 2.32. The molecule has 0 spiro atoms. The van der Waals surface area contributed by atoms with Gasteiger partial charge in [-0.1, -0.05) is 66.6 Å². The van der Waals surface area contributed by atoms with Crippen LogP contribution in [0.2, 0.25) is 25.7 Å². The van der Waals surface area contributed by atoms with Crippen LogP contribution >= 0.6 is 22.7 Å². The van der Waals surface area contributed by atoms with Crippen molar-refractivity contribution in [1.82, 2.24) is 9.55 Å². The van der Waals surface area contributed by atoms with Crippen molar-refractivity contribution in [2.45, 2.75) is 52.0 Å². The maximum Gasteiger partial charge on any atom is 0.358 e. The van der Waals surface area contributed by atoms with Gasteiger partial charge in [-0.3, -0.25) is 9.36 Å². The van der Waals surface area contributed by atoms with E-state index in [1.54, 1.807) is 0 Å². The number of anilines is 1. The molecule has 5 rings (SSSR count). The van der Waals surface area contributed by atoms with Crippen molar-refractivity contribution in [2.24, 2.45) is 4.99 Å². The molecule has 1 aliphatic rings. The van der Waals surface area contributed by atoms with Crippen molar-refractivity contribution in [1.29, 1.82) is 0 Å². The van der Waals surface area contributed by atoms with Crippen LogP contribution < -0.4 is 9.70 Å². The van der Waals surface area contributed by atoms with Crippen molar-refractivity contribution in [3.05, 3.63) is 74.5 Å². The normalized spacial score (nSPS) is 14.0. The third kappa shape index (κ3) is 6.51. The summed E-state index contributed by atoms with van der Waals surface area (Å²) in [6.07, 6.45) is 0.714. The summed E-state index contributed by atoms with van der Waals surface area (Å²) in [6.45, 7) is 8.79. The third-order valence-electron chi connectivity index (χ3n) is 6.98. The number of methoxy groups -OCH3 is 1. The van der Waals surface area contributed by atoms with E-state index in [1.165, 1.54) is 29.8 Å². The second kappa shape index (κ2) is 12.4. The molecule has 0 bridgehead atoms. The second-order valence-electron chi connectivity index (χ2n) is 11.1. The number of benzene rings is 2. The van der Waals surface area contributed by atoms with E-state index < -0.39 is 14.0 Å². The van der Waals surface area contributed by atoms with Gasteiger partial charge in [0.15, 0.2) is 15.6 Å². The average molecular weight is 611 g/mol. The van der Waals surface area contributed by atoms with E-state index in [9.17, 15) is 14.7 Å². The van der Waals surface area contributed by atoms with Gasteiger partial charge in [0.05, 0.1) is 28.8 Å². The molecule has 0 saturated carbocycles. The van der Waals surface area contributed by atoms with Gasteiger partial charge in [-0.05, 0) is 41.8 Å². The number of hydrogen-bond donors (Lipinski definition) is 1. The summed E-state index contributed by atoms with van der Waals surface area (Å²) < 4.78 is 13.9. The Bertz CT molecular complexity index is 1650. The molecule has 12 heteroatoms. The van der Waals surface area contributed by atoms with Crippen molar-refractivity contribution in [3.8, 4) is 0 Å². The number of carbonyl (C=O) groups excluding carboxylic acids is 2. The van der Waals surface area contributed by atoms with E-state index in [-0.39, 0.29) is 18.2 Å². The van der Waals surface area contributed by atoms with E-state index >= 15 is 0 Å². The van der Waals surface area contributed by atoms with Crippen LogP contribution in [0.1, 0.15) is 36.9 Å². The minimum atomic E-state index is -1.23. The summed E-state index contributed by atoms with van der Waals surface area (Å²) in [5, 5.41) is 10.4. The second-order valence-corrected chi connectivity index (χ2v) is 18.8. The first kappa shape index (κ1) is 29.3. The molecule has 0 unspecified atom stereocenters. The number of fused-ring (bicyclic) bond motifs is 2. The molecule has 3 heterocycles. The summed E-state index contributed by atoms with van der Waals surface area (Å²) in [5.74, 6) is -0.888. The Kier molecular flexibility index (Phi) is 8.85. The number of aliphatic hydroxyl groups excluding tert-OH is 1. The first-order valence-corrected chi connectivity index (χ1v) is 18.8. The molecular weight excluding hydrogens is 577 g/mol. The van der Waals surface area contributed by atoms with E-state index in [4.69, 9.17) is 9.47 Å². The third-order valence-corrected chi connectivity index (χ3v) is 10.8.